The Bertz CT molecular complexity index is 806. The van der Waals surface area contributed by atoms with Gasteiger partial charge in [-0.25, -0.2) is 0 Å². The molecule has 0 bridgehead atoms. The molecule has 0 aromatic heterocycles. The highest BCUT2D eigenvalue weighted by Crippen LogP contribution is 2.23. The van der Waals surface area contributed by atoms with Gasteiger partial charge in [0.25, 0.3) is 11.8 Å². The number of anilines is 1. The molecular formula is C17H16ClN3O4. The van der Waals surface area contributed by atoms with Crippen LogP contribution in [0.25, 0.3) is 0 Å². The SMILES string of the molecule is COc1ccc(Cl)cc1C(=O)Nc1ccc(C(=O)NCC(N)=O)cc1. The number of ether oxygens (including phenoxy) is 1. The van der Waals surface area contributed by atoms with Crippen molar-refractivity contribution in [2.75, 3.05) is 19.0 Å². The molecule has 0 aliphatic rings. The first-order valence-electron chi connectivity index (χ1n) is 7.22. The molecule has 2 aromatic carbocycles. The highest BCUT2D eigenvalue weighted by molar-refractivity contribution is 6.31. The summed E-state index contributed by atoms with van der Waals surface area (Å²) in [5.74, 6) is -1.07. The first-order chi connectivity index (χ1) is 11.9. The number of nitrogens with two attached hydrogens (primary N) is 1. The summed E-state index contributed by atoms with van der Waals surface area (Å²) in [7, 11) is 1.46. The Kier molecular flexibility index (Phi) is 5.97. The molecule has 0 saturated carbocycles. The van der Waals surface area contributed by atoms with Gasteiger partial charge in [0.2, 0.25) is 5.91 Å². The Labute approximate surface area is 149 Å². The van der Waals surface area contributed by atoms with Crippen LogP contribution in [0.3, 0.4) is 0 Å². The van der Waals surface area contributed by atoms with Crippen LogP contribution in [0.1, 0.15) is 20.7 Å². The predicted molar refractivity (Wildman–Crippen MR) is 93.9 cm³/mol. The summed E-state index contributed by atoms with van der Waals surface area (Å²) in [6.07, 6.45) is 0. The fourth-order valence-electron chi connectivity index (χ4n) is 2.03. The number of amides is 3. The van der Waals surface area contributed by atoms with E-state index in [4.69, 9.17) is 22.1 Å². The molecule has 25 heavy (non-hydrogen) atoms. The van der Waals surface area contributed by atoms with Crippen molar-refractivity contribution in [1.29, 1.82) is 0 Å². The van der Waals surface area contributed by atoms with Gasteiger partial charge < -0.3 is 21.1 Å². The number of hydrogen-bond acceptors (Lipinski definition) is 4. The van der Waals surface area contributed by atoms with Gasteiger partial charge in [-0.1, -0.05) is 11.6 Å². The molecule has 0 aliphatic heterocycles. The lowest BCUT2D eigenvalue weighted by atomic mass is 10.1. The second-order valence-corrected chi connectivity index (χ2v) is 5.46. The number of primary amides is 1. The molecule has 4 N–H and O–H groups in total. The molecule has 0 saturated heterocycles. The van der Waals surface area contributed by atoms with Crippen molar-refractivity contribution in [1.82, 2.24) is 5.32 Å². The second kappa shape index (κ2) is 8.16. The predicted octanol–water partition coefficient (Wildman–Crippen LogP) is 1.82. The normalized spacial score (nSPS) is 10.0. The van der Waals surface area contributed by atoms with Crippen molar-refractivity contribution in [2.24, 2.45) is 5.73 Å². The highest BCUT2D eigenvalue weighted by atomic mass is 35.5. The summed E-state index contributed by atoms with van der Waals surface area (Å²) < 4.78 is 5.15. The molecule has 0 atom stereocenters. The molecule has 0 spiro atoms. The number of carbonyl (C=O) groups is 3. The quantitative estimate of drug-likeness (QED) is 0.728. The minimum atomic E-state index is -0.632. The Morgan fingerprint density at radius 3 is 2.36 bits per heavy atom. The lowest BCUT2D eigenvalue weighted by Gasteiger charge is -2.10. The van der Waals surface area contributed by atoms with Gasteiger partial charge in [0, 0.05) is 16.3 Å². The Morgan fingerprint density at radius 2 is 1.76 bits per heavy atom. The van der Waals surface area contributed by atoms with E-state index in [9.17, 15) is 14.4 Å². The van der Waals surface area contributed by atoms with E-state index < -0.39 is 17.7 Å². The molecule has 0 aliphatic carbocycles. The minimum absolute atomic E-state index is 0.244. The van der Waals surface area contributed by atoms with Crippen LogP contribution in [-0.2, 0) is 4.79 Å². The first kappa shape index (κ1) is 18.3. The molecule has 8 heteroatoms. The fourth-order valence-corrected chi connectivity index (χ4v) is 2.20. The molecule has 3 amide bonds. The molecule has 0 radical (unpaired) electrons. The van der Waals surface area contributed by atoms with E-state index in [1.165, 1.54) is 25.3 Å². The molecule has 7 nitrogen and oxygen atoms in total. The molecule has 0 heterocycles. The number of nitrogens with one attached hydrogen (secondary N) is 2. The van der Waals surface area contributed by atoms with Crippen LogP contribution >= 0.6 is 11.6 Å². The first-order valence-corrected chi connectivity index (χ1v) is 7.60. The highest BCUT2D eigenvalue weighted by Gasteiger charge is 2.13. The maximum absolute atomic E-state index is 12.4. The lowest BCUT2D eigenvalue weighted by Crippen LogP contribution is -2.33. The van der Waals surface area contributed by atoms with Crippen LogP contribution in [0.15, 0.2) is 42.5 Å². The van der Waals surface area contributed by atoms with E-state index >= 15 is 0 Å². The van der Waals surface area contributed by atoms with Gasteiger partial charge in [-0.05, 0) is 42.5 Å². The summed E-state index contributed by atoms with van der Waals surface area (Å²) in [4.78, 5) is 34.8. The summed E-state index contributed by atoms with van der Waals surface area (Å²) in [6, 6.07) is 10.9. The van der Waals surface area contributed by atoms with Crippen LogP contribution < -0.4 is 21.1 Å². The molecule has 0 unspecified atom stereocenters. The zero-order valence-corrected chi connectivity index (χ0v) is 14.1. The lowest BCUT2D eigenvalue weighted by molar-refractivity contribution is -0.117. The number of halogens is 1. The third kappa shape index (κ3) is 4.95. The number of methoxy groups -OCH3 is 1. The molecule has 2 aromatic rings. The molecular weight excluding hydrogens is 346 g/mol. The monoisotopic (exact) mass is 361 g/mol. The zero-order valence-electron chi connectivity index (χ0n) is 13.3. The second-order valence-electron chi connectivity index (χ2n) is 5.03. The third-order valence-corrected chi connectivity index (χ3v) is 3.47. The van der Waals surface area contributed by atoms with Crippen molar-refractivity contribution in [2.45, 2.75) is 0 Å². The molecule has 0 fully saturated rings. The Morgan fingerprint density at radius 1 is 1.08 bits per heavy atom. The summed E-state index contributed by atoms with van der Waals surface area (Å²) in [5, 5.41) is 5.48. The van der Waals surface area contributed by atoms with Crippen LogP contribution in [0.2, 0.25) is 5.02 Å². The summed E-state index contributed by atoms with van der Waals surface area (Å²) in [5.41, 5.74) is 6.07. The van der Waals surface area contributed by atoms with Crippen molar-refractivity contribution >= 4 is 35.0 Å². The fraction of sp³-hybridized carbons (Fsp3) is 0.118. The van der Waals surface area contributed by atoms with E-state index in [-0.39, 0.29) is 6.54 Å². The number of benzene rings is 2. The van der Waals surface area contributed by atoms with Crippen molar-refractivity contribution in [3.8, 4) is 5.75 Å². The van der Waals surface area contributed by atoms with E-state index in [0.717, 1.165) is 0 Å². The molecule has 2 rings (SSSR count). The van der Waals surface area contributed by atoms with E-state index in [0.29, 0.717) is 27.6 Å². The maximum atomic E-state index is 12.4. The largest absolute Gasteiger partial charge is 0.496 e. The van der Waals surface area contributed by atoms with Gasteiger partial charge in [-0.2, -0.15) is 0 Å². The van der Waals surface area contributed by atoms with E-state index in [2.05, 4.69) is 10.6 Å². The van der Waals surface area contributed by atoms with Crippen LogP contribution in [0, 0.1) is 0 Å². The van der Waals surface area contributed by atoms with Crippen LogP contribution in [-0.4, -0.2) is 31.4 Å². The van der Waals surface area contributed by atoms with E-state index in [1.807, 2.05) is 0 Å². The van der Waals surface area contributed by atoms with Gasteiger partial charge >= 0.3 is 0 Å². The third-order valence-electron chi connectivity index (χ3n) is 3.23. The van der Waals surface area contributed by atoms with E-state index in [1.54, 1.807) is 24.3 Å². The number of rotatable bonds is 6. The maximum Gasteiger partial charge on any atom is 0.259 e. The zero-order chi connectivity index (χ0) is 18.4. The number of carbonyl (C=O) groups excluding carboxylic acids is 3. The topological polar surface area (TPSA) is 111 Å². The summed E-state index contributed by atoms with van der Waals surface area (Å²) in [6.45, 7) is -0.244. The van der Waals surface area contributed by atoms with Crippen LogP contribution in [0.5, 0.6) is 5.75 Å². The van der Waals surface area contributed by atoms with Gasteiger partial charge in [0.1, 0.15) is 5.75 Å². The smallest absolute Gasteiger partial charge is 0.259 e. The Hall–Kier alpha value is -3.06. The average molecular weight is 362 g/mol. The van der Waals surface area contributed by atoms with Gasteiger partial charge in [-0.15, -0.1) is 0 Å². The Balaban J connectivity index is 2.08. The van der Waals surface area contributed by atoms with Crippen molar-refractivity contribution < 1.29 is 19.1 Å². The van der Waals surface area contributed by atoms with Gasteiger partial charge in [0.05, 0.1) is 19.2 Å². The number of hydrogen-bond donors (Lipinski definition) is 3. The van der Waals surface area contributed by atoms with Crippen molar-refractivity contribution in [3.05, 3.63) is 58.6 Å². The van der Waals surface area contributed by atoms with Crippen LogP contribution in [0.4, 0.5) is 5.69 Å². The molecule has 130 valence electrons. The standard InChI is InChI=1S/C17H16ClN3O4/c1-25-14-7-4-11(18)8-13(14)17(24)21-12-5-2-10(3-6-12)16(23)20-9-15(19)22/h2-8H,9H2,1H3,(H2,19,22)(H,20,23)(H,21,24). The van der Waals surface area contributed by atoms with Crippen molar-refractivity contribution in [3.63, 3.8) is 0 Å². The van der Waals surface area contributed by atoms with Gasteiger partial charge in [-0.3, -0.25) is 14.4 Å². The minimum Gasteiger partial charge on any atom is -0.496 e. The average Bonchev–Trinajstić information content (AvgIpc) is 2.60. The van der Waals surface area contributed by atoms with Gasteiger partial charge in [0.15, 0.2) is 0 Å². The summed E-state index contributed by atoms with van der Waals surface area (Å²) >= 11 is 5.92.